The number of para-hydroxylation sites is 1. The van der Waals surface area contributed by atoms with Crippen LogP contribution in [0.3, 0.4) is 0 Å². The van der Waals surface area contributed by atoms with Crippen molar-refractivity contribution in [1.82, 2.24) is 0 Å². The van der Waals surface area contributed by atoms with Crippen molar-refractivity contribution in [3.8, 4) is 0 Å². The minimum Gasteiger partial charge on any atom is -0.378 e. The molecule has 2 aromatic carbocycles. The van der Waals surface area contributed by atoms with E-state index in [1.54, 1.807) is 0 Å². The van der Waals surface area contributed by atoms with Crippen LogP contribution in [0.2, 0.25) is 0 Å². The molecule has 1 aliphatic heterocycles. The van der Waals surface area contributed by atoms with Gasteiger partial charge in [-0.25, -0.2) is 4.99 Å². The summed E-state index contributed by atoms with van der Waals surface area (Å²) in [5.41, 5.74) is 6.11. The van der Waals surface area contributed by atoms with Gasteiger partial charge >= 0.3 is 0 Å². The molecule has 0 saturated heterocycles. The summed E-state index contributed by atoms with van der Waals surface area (Å²) in [4.78, 5) is 5.41. The van der Waals surface area contributed by atoms with Crippen molar-refractivity contribution in [3.05, 3.63) is 59.7 Å². The van der Waals surface area contributed by atoms with Crippen LogP contribution in [0.4, 0.5) is 11.4 Å². The lowest BCUT2D eigenvalue weighted by molar-refractivity contribution is -0.342. The lowest BCUT2D eigenvalue weighted by Crippen LogP contribution is -2.58. The number of nitrogens with one attached hydrogen (secondary N) is 1. The molecular weight excluding hydrogens is 232 g/mol. The van der Waals surface area contributed by atoms with Crippen LogP contribution >= 0.6 is 0 Å². The zero-order valence-corrected chi connectivity index (χ0v) is 11.2. The third kappa shape index (κ3) is 2.29. The quantitative estimate of drug-likeness (QED) is 0.862. The second-order valence-electron chi connectivity index (χ2n) is 4.92. The van der Waals surface area contributed by atoms with Crippen LogP contribution in [0.25, 0.3) is 11.6 Å². The van der Waals surface area contributed by atoms with E-state index in [9.17, 15) is 0 Å². The molecule has 94 valence electrons. The summed E-state index contributed by atoms with van der Waals surface area (Å²) in [5, 5.41) is 0. The molecule has 0 fully saturated rings. The molecule has 0 bridgehead atoms. The lowest BCUT2D eigenvalue weighted by atomic mass is 10.0. The Labute approximate surface area is 113 Å². The maximum Gasteiger partial charge on any atom is 0.211 e. The number of hydrogen-bond donors (Lipinski definition) is 1. The van der Waals surface area contributed by atoms with Crippen molar-refractivity contribution in [2.45, 2.75) is 0 Å². The first-order valence-corrected chi connectivity index (χ1v) is 6.42. The molecular formula is C17H17N2+. The molecule has 0 saturated carbocycles. The number of anilines is 1. The fourth-order valence-corrected chi connectivity index (χ4v) is 2.26. The standard InChI is InChI=1S/C17H16N2/c1-19(2)15-9-7-13(8-10-15)11-14-12-18-17-6-4-3-5-16(14)17/h3-12H,1-2H3/p+1/b14-11+. The van der Waals surface area contributed by atoms with Gasteiger partial charge < -0.3 is 4.90 Å². The number of nitrogens with zero attached hydrogens (tertiary/aromatic N) is 1. The topological polar surface area (TPSA) is 17.2 Å². The number of hydrogen-bond acceptors (Lipinski definition) is 1. The zero-order valence-electron chi connectivity index (χ0n) is 11.2. The van der Waals surface area contributed by atoms with Crippen molar-refractivity contribution in [1.29, 1.82) is 0 Å². The Kier molecular flexibility index (Phi) is 2.92. The van der Waals surface area contributed by atoms with Gasteiger partial charge in [-0.1, -0.05) is 24.3 Å². The summed E-state index contributed by atoms with van der Waals surface area (Å²) < 4.78 is 0. The summed E-state index contributed by atoms with van der Waals surface area (Å²) in [5.74, 6) is 0. The van der Waals surface area contributed by atoms with Crippen molar-refractivity contribution < 1.29 is 4.99 Å². The average Bonchev–Trinajstić information content (AvgIpc) is 2.83. The first-order valence-electron chi connectivity index (χ1n) is 6.42. The van der Waals surface area contributed by atoms with Gasteiger partial charge in [-0.15, -0.1) is 0 Å². The molecule has 0 radical (unpaired) electrons. The smallest absolute Gasteiger partial charge is 0.211 e. The van der Waals surface area contributed by atoms with Crippen molar-refractivity contribution in [3.63, 3.8) is 0 Å². The third-order valence-electron chi connectivity index (χ3n) is 3.35. The molecule has 1 aliphatic rings. The van der Waals surface area contributed by atoms with Crippen LogP contribution in [0, 0.1) is 0 Å². The van der Waals surface area contributed by atoms with Crippen LogP contribution in [0.1, 0.15) is 11.1 Å². The molecule has 2 heteroatoms. The number of fused-ring (bicyclic) bond motifs is 1. The Morgan fingerprint density at radius 2 is 1.68 bits per heavy atom. The molecule has 0 aliphatic carbocycles. The van der Waals surface area contributed by atoms with E-state index in [4.69, 9.17) is 0 Å². The van der Waals surface area contributed by atoms with Gasteiger partial charge in [0.25, 0.3) is 0 Å². The van der Waals surface area contributed by atoms with Gasteiger partial charge in [-0.3, -0.25) is 0 Å². The molecule has 19 heavy (non-hydrogen) atoms. The molecule has 1 N–H and O–H groups in total. The molecule has 0 amide bonds. The Balaban J connectivity index is 1.93. The number of rotatable bonds is 2. The number of allylic oxidation sites excluding steroid dienone is 1. The highest BCUT2D eigenvalue weighted by Crippen LogP contribution is 2.24. The molecule has 1 heterocycles. The summed E-state index contributed by atoms with van der Waals surface area (Å²) in [6, 6.07) is 16.9. The third-order valence-corrected chi connectivity index (χ3v) is 3.35. The fraction of sp³-hybridized carbons (Fsp3) is 0.118. The minimum absolute atomic E-state index is 1.18. The monoisotopic (exact) mass is 249 g/mol. The van der Waals surface area contributed by atoms with E-state index in [2.05, 4.69) is 84.8 Å². The summed E-state index contributed by atoms with van der Waals surface area (Å²) in [7, 11) is 4.11. The van der Waals surface area contributed by atoms with E-state index in [0.717, 1.165) is 0 Å². The molecule has 3 rings (SSSR count). The number of benzene rings is 2. The van der Waals surface area contributed by atoms with Crippen LogP contribution in [0.15, 0.2) is 48.5 Å². The Hall–Kier alpha value is -2.35. The van der Waals surface area contributed by atoms with E-state index < -0.39 is 0 Å². The Bertz CT molecular complexity index is 649. The second-order valence-corrected chi connectivity index (χ2v) is 4.92. The van der Waals surface area contributed by atoms with E-state index >= 15 is 0 Å². The molecule has 0 atom stereocenters. The van der Waals surface area contributed by atoms with E-state index in [-0.39, 0.29) is 0 Å². The highest BCUT2D eigenvalue weighted by Gasteiger charge is 2.16. The van der Waals surface area contributed by atoms with Crippen molar-refractivity contribution in [2.24, 2.45) is 0 Å². The molecule has 2 nitrogen and oxygen atoms in total. The van der Waals surface area contributed by atoms with E-state index in [0.29, 0.717) is 0 Å². The molecule has 0 aromatic heterocycles. The predicted molar refractivity (Wildman–Crippen MR) is 81.8 cm³/mol. The predicted octanol–water partition coefficient (Wildman–Crippen LogP) is 2.09. The lowest BCUT2D eigenvalue weighted by Gasteiger charge is -2.11. The summed E-state index contributed by atoms with van der Waals surface area (Å²) >= 11 is 0. The second kappa shape index (κ2) is 4.73. The fourth-order valence-electron chi connectivity index (χ4n) is 2.26. The zero-order chi connectivity index (χ0) is 13.2. The highest BCUT2D eigenvalue weighted by molar-refractivity contribution is 6.17. The van der Waals surface area contributed by atoms with E-state index in [1.807, 2.05) is 0 Å². The molecule has 0 unspecified atom stereocenters. The van der Waals surface area contributed by atoms with Gasteiger partial charge in [0.2, 0.25) is 5.69 Å². The van der Waals surface area contributed by atoms with Gasteiger partial charge in [0.1, 0.15) is 0 Å². The Morgan fingerprint density at radius 1 is 0.947 bits per heavy atom. The van der Waals surface area contributed by atoms with Gasteiger partial charge in [-0.05, 0) is 29.8 Å². The van der Waals surface area contributed by atoms with Crippen LogP contribution in [-0.2, 0) is 0 Å². The van der Waals surface area contributed by atoms with Crippen LogP contribution in [0.5, 0.6) is 0 Å². The largest absolute Gasteiger partial charge is 0.378 e. The van der Waals surface area contributed by atoms with Crippen LogP contribution < -0.4 is 9.89 Å². The van der Waals surface area contributed by atoms with Gasteiger partial charge in [0, 0.05) is 25.8 Å². The van der Waals surface area contributed by atoms with Crippen LogP contribution in [-0.4, -0.2) is 20.3 Å². The van der Waals surface area contributed by atoms with Crippen molar-refractivity contribution in [2.75, 3.05) is 19.0 Å². The first kappa shape index (κ1) is 11.7. The first-order chi connectivity index (χ1) is 9.24. The normalized spacial score (nSPS) is 14.7. The molecule has 2 aromatic rings. The summed E-state index contributed by atoms with van der Waals surface area (Å²) in [6.07, 6.45) is 4.27. The van der Waals surface area contributed by atoms with E-state index in [1.165, 1.54) is 28.1 Å². The van der Waals surface area contributed by atoms with Gasteiger partial charge in [0.15, 0.2) is 6.21 Å². The van der Waals surface area contributed by atoms with Gasteiger partial charge in [-0.2, -0.15) is 0 Å². The maximum absolute atomic E-state index is 3.30. The minimum atomic E-state index is 1.18. The Morgan fingerprint density at radius 3 is 2.42 bits per heavy atom. The summed E-state index contributed by atoms with van der Waals surface area (Å²) in [6.45, 7) is 0. The van der Waals surface area contributed by atoms with Gasteiger partial charge in [0.05, 0.1) is 11.1 Å². The molecule has 0 spiro atoms. The highest BCUT2D eigenvalue weighted by atomic mass is 15.1. The SMILES string of the molecule is CN(C)c1ccc(/C=C2\C=[NH+]c3ccccc32)cc1. The average molecular weight is 249 g/mol. The van der Waals surface area contributed by atoms with Crippen molar-refractivity contribution >= 4 is 29.2 Å². The maximum atomic E-state index is 3.30.